The first-order valence-corrected chi connectivity index (χ1v) is 12.2. The van der Waals surface area contributed by atoms with Crippen LogP contribution in [0, 0.1) is 5.92 Å². The average Bonchev–Trinajstić information content (AvgIpc) is 2.77. The molecule has 0 saturated carbocycles. The van der Waals surface area contributed by atoms with E-state index in [9.17, 15) is 13.2 Å². The van der Waals surface area contributed by atoms with E-state index in [1.54, 1.807) is 23.1 Å². The summed E-state index contributed by atoms with van der Waals surface area (Å²) in [5.74, 6) is 1.23. The summed E-state index contributed by atoms with van der Waals surface area (Å²) in [6, 6.07) is 15.2. The van der Waals surface area contributed by atoms with Crippen LogP contribution in [-0.4, -0.2) is 59.3 Å². The van der Waals surface area contributed by atoms with Gasteiger partial charge in [-0.25, -0.2) is 8.42 Å². The van der Waals surface area contributed by atoms with Crippen LogP contribution in [0.2, 0.25) is 0 Å². The van der Waals surface area contributed by atoms with E-state index in [1.807, 2.05) is 18.2 Å². The lowest BCUT2D eigenvalue weighted by molar-refractivity contribution is -0.130. The lowest BCUT2D eigenvalue weighted by atomic mass is 9.90. The molecule has 1 aliphatic rings. The van der Waals surface area contributed by atoms with E-state index < -0.39 is 10.0 Å². The first kappa shape index (κ1) is 22.9. The van der Waals surface area contributed by atoms with Gasteiger partial charge in [-0.05, 0) is 42.9 Å². The normalized spacial score (nSPS) is 14.9. The van der Waals surface area contributed by atoms with Crippen LogP contribution in [0.15, 0.2) is 48.5 Å². The second-order valence-corrected chi connectivity index (χ2v) is 9.73. The molecule has 0 radical (unpaired) electrons. The molecule has 2 aromatic carbocycles. The van der Waals surface area contributed by atoms with E-state index in [4.69, 9.17) is 9.47 Å². The van der Waals surface area contributed by atoms with Gasteiger partial charge in [0.1, 0.15) is 6.54 Å². The molecule has 7 nitrogen and oxygen atoms in total. The van der Waals surface area contributed by atoms with Gasteiger partial charge in [0.25, 0.3) is 0 Å². The van der Waals surface area contributed by atoms with Crippen molar-refractivity contribution in [2.75, 3.05) is 44.4 Å². The number of benzene rings is 2. The molecule has 0 bridgehead atoms. The van der Waals surface area contributed by atoms with Crippen LogP contribution in [0.25, 0.3) is 0 Å². The monoisotopic (exact) mass is 446 g/mol. The molecule has 1 aliphatic heterocycles. The van der Waals surface area contributed by atoms with Crippen LogP contribution in [0.3, 0.4) is 0 Å². The fourth-order valence-electron chi connectivity index (χ4n) is 3.94. The van der Waals surface area contributed by atoms with Crippen molar-refractivity contribution in [2.24, 2.45) is 5.92 Å². The van der Waals surface area contributed by atoms with Gasteiger partial charge in [-0.1, -0.05) is 30.3 Å². The highest BCUT2D eigenvalue weighted by molar-refractivity contribution is 7.92. The van der Waals surface area contributed by atoms with Crippen molar-refractivity contribution >= 4 is 21.6 Å². The number of methoxy groups -OCH3 is 2. The maximum Gasteiger partial charge on any atom is 0.243 e. The van der Waals surface area contributed by atoms with Gasteiger partial charge in [0.05, 0.1) is 26.2 Å². The summed E-state index contributed by atoms with van der Waals surface area (Å²) in [4.78, 5) is 14.7. The van der Waals surface area contributed by atoms with Crippen molar-refractivity contribution in [1.29, 1.82) is 0 Å². The van der Waals surface area contributed by atoms with E-state index in [-0.39, 0.29) is 12.5 Å². The zero-order chi connectivity index (χ0) is 22.4. The van der Waals surface area contributed by atoms with Crippen molar-refractivity contribution in [3.63, 3.8) is 0 Å². The summed E-state index contributed by atoms with van der Waals surface area (Å²) in [6.07, 6.45) is 3.93. The molecule has 31 heavy (non-hydrogen) atoms. The topological polar surface area (TPSA) is 76.2 Å². The second-order valence-electron chi connectivity index (χ2n) is 7.82. The largest absolute Gasteiger partial charge is 0.493 e. The standard InChI is InChI=1S/C23H30N2O5S/c1-29-21-10-9-20(16-22(21)30-2)25(31(3,27)28)17-23(26)24-13-11-19(12-14-24)15-18-7-5-4-6-8-18/h4-10,16,19H,11-15,17H2,1-3H3. The van der Waals surface area contributed by atoms with Gasteiger partial charge < -0.3 is 14.4 Å². The number of carbonyl (C=O) groups is 1. The van der Waals surface area contributed by atoms with Crippen molar-refractivity contribution < 1.29 is 22.7 Å². The molecular formula is C23H30N2O5S. The van der Waals surface area contributed by atoms with Crippen LogP contribution in [-0.2, 0) is 21.2 Å². The summed E-state index contributed by atoms with van der Waals surface area (Å²) in [6.45, 7) is 1.04. The average molecular weight is 447 g/mol. The molecule has 0 spiro atoms. The zero-order valence-corrected chi connectivity index (χ0v) is 19.1. The first-order valence-electron chi connectivity index (χ1n) is 10.3. The highest BCUT2D eigenvalue weighted by atomic mass is 32.2. The number of likely N-dealkylation sites (tertiary alicyclic amines) is 1. The van der Waals surface area contributed by atoms with Gasteiger partial charge in [-0.3, -0.25) is 9.10 Å². The Labute approximate surface area is 184 Å². The first-order chi connectivity index (χ1) is 14.8. The van der Waals surface area contributed by atoms with Gasteiger partial charge in [0.2, 0.25) is 15.9 Å². The van der Waals surface area contributed by atoms with Gasteiger partial charge in [0.15, 0.2) is 11.5 Å². The SMILES string of the molecule is COc1ccc(N(CC(=O)N2CCC(Cc3ccccc3)CC2)S(C)(=O)=O)cc1OC. The van der Waals surface area contributed by atoms with Crippen molar-refractivity contribution in [3.8, 4) is 11.5 Å². The van der Waals surface area contributed by atoms with Gasteiger partial charge in [-0.15, -0.1) is 0 Å². The van der Waals surface area contributed by atoms with E-state index in [1.165, 1.54) is 19.8 Å². The molecule has 1 amide bonds. The summed E-state index contributed by atoms with van der Waals surface area (Å²) in [5, 5.41) is 0. The second kappa shape index (κ2) is 10.0. The Balaban J connectivity index is 1.66. The van der Waals surface area contributed by atoms with E-state index in [0.717, 1.165) is 29.8 Å². The Morgan fingerprint density at radius 1 is 1.03 bits per heavy atom. The number of hydrogen-bond donors (Lipinski definition) is 0. The highest BCUT2D eigenvalue weighted by Gasteiger charge is 2.28. The molecule has 2 aromatic rings. The Morgan fingerprint density at radius 3 is 2.26 bits per heavy atom. The lowest BCUT2D eigenvalue weighted by Gasteiger charge is -2.33. The summed E-state index contributed by atoms with van der Waals surface area (Å²) >= 11 is 0. The fraction of sp³-hybridized carbons (Fsp3) is 0.435. The summed E-state index contributed by atoms with van der Waals surface area (Å²) in [5.41, 5.74) is 1.68. The molecule has 8 heteroatoms. The molecule has 0 aliphatic carbocycles. The molecule has 0 unspecified atom stereocenters. The molecule has 1 fully saturated rings. The molecular weight excluding hydrogens is 416 g/mol. The molecule has 1 saturated heterocycles. The minimum atomic E-state index is -3.66. The fourth-order valence-corrected chi connectivity index (χ4v) is 4.78. The number of sulfonamides is 1. The molecule has 168 valence electrons. The molecule has 0 atom stereocenters. The Bertz CT molecular complexity index is 986. The number of rotatable bonds is 8. The lowest BCUT2D eigenvalue weighted by Crippen LogP contribution is -2.45. The van der Waals surface area contributed by atoms with Crippen LogP contribution in [0.1, 0.15) is 18.4 Å². The third-order valence-corrected chi connectivity index (χ3v) is 6.81. The smallest absolute Gasteiger partial charge is 0.243 e. The van der Waals surface area contributed by atoms with Crippen LogP contribution >= 0.6 is 0 Å². The number of hydrogen-bond acceptors (Lipinski definition) is 5. The Hall–Kier alpha value is -2.74. The maximum absolute atomic E-state index is 12.9. The number of carbonyl (C=O) groups excluding carboxylic acids is 1. The van der Waals surface area contributed by atoms with E-state index in [0.29, 0.717) is 36.2 Å². The minimum Gasteiger partial charge on any atom is -0.493 e. The van der Waals surface area contributed by atoms with Crippen molar-refractivity contribution in [1.82, 2.24) is 4.90 Å². The number of nitrogens with zero attached hydrogens (tertiary/aromatic N) is 2. The van der Waals surface area contributed by atoms with E-state index in [2.05, 4.69) is 12.1 Å². The Morgan fingerprint density at radius 2 is 1.68 bits per heavy atom. The predicted octanol–water partition coefficient (Wildman–Crippen LogP) is 2.95. The summed E-state index contributed by atoms with van der Waals surface area (Å²) < 4.78 is 36.5. The molecule has 1 heterocycles. The Kier molecular flexibility index (Phi) is 7.43. The minimum absolute atomic E-state index is 0.196. The number of ether oxygens (including phenoxy) is 2. The predicted molar refractivity (Wildman–Crippen MR) is 121 cm³/mol. The van der Waals surface area contributed by atoms with Gasteiger partial charge >= 0.3 is 0 Å². The van der Waals surface area contributed by atoms with Gasteiger partial charge in [0, 0.05) is 19.2 Å². The van der Waals surface area contributed by atoms with Crippen LogP contribution in [0.4, 0.5) is 5.69 Å². The van der Waals surface area contributed by atoms with Crippen molar-refractivity contribution in [2.45, 2.75) is 19.3 Å². The quantitative estimate of drug-likeness (QED) is 0.623. The third kappa shape index (κ3) is 5.91. The van der Waals surface area contributed by atoms with Crippen molar-refractivity contribution in [3.05, 3.63) is 54.1 Å². The van der Waals surface area contributed by atoms with E-state index >= 15 is 0 Å². The van der Waals surface area contributed by atoms with Crippen LogP contribution in [0.5, 0.6) is 11.5 Å². The molecule has 3 rings (SSSR count). The van der Waals surface area contributed by atoms with Gasteiger partial charge in [-0.2, -0.15) is 0 Å². The maximum atomic E-state index is 12.9. The number of anilines is 1. The summed E-state index contributed by atoms with van der Waals surface area (Å²) in [7, 11) is -0.664. The molecule has 0 N–H and O–H groups in total. The number of piperidine rings is 1. The van der Waals surface area contributed by atoms with Crippen LogP contribution < -0.4 is 13.8 Å². The zero-order valence-electron chi connectivity index (χ0n) is 18.3. The molecule has 0 aromatic heterocycles. The number of amides is 1. The highest BCUT2D eigenvalue weighted by Crippen LogP contribution is 2.32. The third-order valence-electron chi connectivity index (χ3n) is 5.67.